The third-order valence-corrected chi connectivity index (χ3v) is 4.96. The maximum atomic E-state index is 12.1. The highest BCUT2D eigenvalue weighted by molar-refractivity contribution is 6.13. The van der Waals surface area contributed by atoms with Gasteiger partial charge in [-0.3, -0.25) is 14.5 Å². The quantitative estimate of drug-likeness (QED) is 0.793. The molecule has 0 fully saturated rings. The minimum Gasteiger partial charge on any atom is -0.269 e. The van der Waals surface area contributed by atoms with Gasteiger partial charge in [-0.25, -0.2) is 0 Å². The molecule has 1 aromatic rings. The number of carbonyl (C=O) groups is 2. The summed E-state index contributed by atoms with van der Waals surface area (Å²) in [5, 5.41) is 0. The minimum atomic E-state index is -0.180. The van der Waals surface area contributed by atoms with Gasteiger partial charge in [0.15, 0.2) is 0 Å². The molecule has 0 radical (unpaired) electrons. The van der Waals surface area contributed by atoms with Crippen molar-refractivity contribution < 1.29 is 9.59 Å². The van der Waals surface area contributed by atoms with E-state index in [4.69, 9.17) is 0 Å². The van der Waals surface area contributed by atoms with E-state index < -0.39 is 0 Å². The largest absolute Gasteiger partial charge is 0.269 e. The second-order valence-corrected chi connectivity index (χ2v) is 6.99. The van der Waals surface area contributed by atoms with E-state index in [-0.39, 0.29) is 17.9 Å². The van der Waals surface area contributed by atoms with E-state index in [0.717, 1.165) is 12.0 Å². The molecule has 0 aromatic heterocycles. The lowest BCUT2D eigenvalue weighted by molar-refractivity contribution is -0.139. The number of fused-ring (bicyclic) bond motifs is 1. The summed E-state index contributed by atoms with van der Waals surface area (Å²) in [6.45, 7) is 8.85. The fourth-order valence-corrected chi connectivity index (χ4v) is 3.88. The Labute approximate surface area is 132 Å². The smallest absolute Gasteiger partial charge is 0.254 e. The Kier molecular flexibility index (Phi) is 3.67. The molecular weight excluding hydrogens is 274 g/mol. The molecule has 0 spiro atoms. The molecule has 3 heteroatoms. The van der Waals surface area contributed by atoms with Crippen molar-refractivity contribution in [3.8, 4) is 0 Å². The molecule has 1 heterocycles. The molecule has 3 rings (SSSR count). The van der Waals surface area contributed by atoms with Crippen LogP contribution in [0, 0.1) is 5.92 Å². The average molecular weight is 297 g/mol. The van der Waals surface area contributed by atoms with E-state index >= 15 is 0 Å². The van der Waals surface area contributed by atoms with E-state index in [1.54, 1.807) is 0 Å². The summed E-state index contributed by atoms with van der Waals surface area (Å²) in [6.07, 6.45) is 3.61. The van der Waals surface area contributed by atoms with Gasteiger partial charge in [-0.1, -0.05) is 45.9 Å². The highest BCUT2D eigenvalue weighted by atomic mass is 16.2. The van der Waals surface area contributed by atoms with Crippen LogP contribution in [0.2, 0.25) is 0 Å². The Bertz CT molecular complexity index is 639. The van der Waals surface area contributed by atoms with Crippen LogP contribution in [-0.4, -0.2) is 16.7 Å². The Morgan fingerprint density at radius 3 is 2.23 bits per heavy atom. The van der Waals surface area contributed by atoms with Gasteiger partial charge in [-0.05, 0) is 40.9 Å². The van der Waals surface area contributed by atoms with Crippen molar-refractivity contribution in [1.29, 1.82) is 0 Å². The van der Waals surface area contributed by atoms with Crippen molar-refractivity contribution in [3.05, 3.63) is 47.0 Å². The molecule has 0 bridgehead atoms. The molecule has 2 amide bonds. The molecule has 2 aliphatic rings. The first-order chi connectivity index (χ1) is 10.4. The third-order valence-electron chi connectivity index (χ3n) is 4.96. The second kappa shape index (κ2) is 5.38. The fraction of sp³-hybridized carbons (Fsp3) is 0.474. The summed E-state index contributed by atoms with van der Waals surface area (Å²) >= 11 is 0. The monoisotopic (exact) mass is 297 g/mol. The number of amides is 2. The molecule has 1 aliphatic heterocycles. The predicted octanol–water partition coefficient (Wildman–Crippen LogP) is 3.92. The lowest BCUT2D eigenvalue weighted by Crippen LogP contribution is -2.33. The Hall–Kier alpha value is -1.90. The number of imide groups is 1. The molecule has 1 aromatic carbocycles. The number of carbonyl (C=O) groups excluding carboxylic acids is 2. The van der Waals surface area contributed by atoms with Gasteiger partial charge in [0.2, 0.25) is 0 Å². The fourth-order valence-electron chi connectivity index (χ4n) is 3.88. The van der Waals surface area contributed by atoms with E-state index in [9.17, 15) is 9.59 Å². The summed E-state index contributed by atoms with van der Waals surface area (Å²) < 4.78 is 0. The van der Waals surface area contributed by atoms with Gasteiger partial charge in [-0.15, -0.1) is 0 Å². The van der Waals surface area contributed by atoms with E-state index in [1.165, 1.54) is 28.2 Å². The number of benzene rings is 1. The third kappa shape index (κ3) is 2.20. The molecule has 0 N–H and O–H groups in total. The van der Waals surface area contributed by atoms with Crippen molar-refractivity contribution >= 4 is 11.8 Å². The first-order valence-corrected chi connectivity index (χ1v) is 8.09. The highest BCUT2D eigenvalue weighted by Crippen LogP contribution is 2.50. The highest BCUT2D eigenvalue weighted by Gasteiger charge is 2.42. The lowest BCUT2D eigenvalue weighted by atomic mass is 9.84. The summed E-state index contributed by atoms with van der Waals surface area (Å²) in [5.41, 5.74) is 3.88. The van der Waals surface area contributed by atoms with Crippen LogP contribution in [0.4, 0.5) is 0 Å². The maximum Gasteiger partial charge on any atom is 0.254 e. The zero-order chi connectivity index (χ0) is 16.0. The SMILES string of the molecule is CC(C)c1cccc2c1[C@H](C(C)C)C[C@@H]2N1C(=O)C=CC1=O. The standard InChI is InChI=1S/C19H23NO2/c1-11(2)13-6-5-7-14-16(10-15(12(3)4)19(13)14)20-17(21)8-9-18(20)22/h5-9,11-12,15-16H,10H2,1-4H3/t15-,16-/m0/s1. The van der Waals surface area contributed by atoms with E-state index in [1.807, 2.05) is 0 Å². The van der Waals surface area contributed by atoms with Crippen LogP contribution in [0.3, 0.4) is 0 Å². The molecule has 0 saturated heterocycles. The first-order valence-electron chi connectivity index (χ1n) is 8.09. The number of nitrogens with zero attached hydrogens (tertiary/aromatic N) is 1. The summed E-state index contributed by atoms with van der Waals surface area (Å²) in [5.74, 6) is 0.975. The van der Waals surface area contributed by atoms with Gasteiger partial charge >= 0.3 is 0 Å². The zero-order valence-corrected chi connectivity index (χ0v) is 13.7. The average Bonchev–Trinajstić information content (AvgIpc) is 2.99. The van der Waals surface area contributed by atoms with Crippen LogP contribution in [-0.2, 0) is 9.59 Å². The lowest BCUT2D eigenvalue weighted by Gasteiger charge is -2.23. The molecular formula is C19H23NO2. The zero-order valence-electron chi connectivity index (χ0n) is 13.7. The van der Waals surface area contributed by atoms with E-state index in [0.29, 0.717) is 17.8 Å². The first kappa shape index (κ1) is 15.0. The van der Waals surface area contributed by atoms with Gasteiger partial charge in [-0.2, -0.15) is 0 Å². The second-order valence-electron chi connectivity index (χ2n) is 6.99. The van der Waals surface area contributed by atoms with Crippen LogP contribution in [0.15, 0.2) is 30.4 Å². The molecule has 0 saturated carbocycles. The number of hydrogen-bond donors (Lipinski definition) is 0. The molecule has 3 nitrogen and oxygen atoms in total. The van der Waals surface area contributed by atoms with Crippen molar-refractivity contribution in [2.45, 2.75) is 52.0 Å². The minimum absolute atomic E-state index is 0.115. The molecule has 116 valence electrons. The summed E-state index contributed by atoms with van der Waals surface area (Å²) in [6, 6.07) is 6.22. The Balaban J connectivity index is 2.10. The normalized spacial score (nSPS) is 24.0. The van der Waals surface area contributed by atoms with Crippen molar-refractivity contribution in [3.63, 3.8) is 0 Å². The summed E-state index contributed by atoms with van der Waals surface area (Å²) in [4.78, 5) is 25.6. The number of hydrogen-bond acceptors (Lipinski definition) is 2. The summed E-state index contributed by atoms with van der Waals surface area (Å²) in [7, 11) is 0. The molecule has 1 aliphatic carbocycles. The number of rotatable bonds is 3. The van der Waals surface area contributed by atoms with Crippen molar-refractivity contribution in [2.75, 3.05) is 0 Å². The molecule has 2 atom stereocenters. The van der Waals surface area contributed by atoms with Crippen LogP contribution >= 0.6 is 0 Å². The Morgan fingerprint density at radius 2 is 1.68 bits per heavy atom. The van der Waals surface area contributed by atoms with Gasteiger partial charge in [0.1, 0.15) is 0 Å². The van der Waals surface area contributed by atoms with Gasteiger partial charge in [0, 0.05) is 12.2 Å². The predicted molar refractivity (Wildman–Crippen MR) is 86.5 cm³/mol. The Morgan fingerprint density at radius 1 is 1.05 bits per heavy atom. The van der Waals surface area contributed by atoms with Crippen LogP contribution in [0.1, 0.15) is 68.7 Å². The topological polar surface area (TPSA) is 37.4 Å². The van der Waals surface area contributed by atoms with Crippen molar-refractivity contribution in [2.24, 2.45) is 5.92 Å². The molecule has 22 heavy (non-hydrogen) atoms. The van der Waals surface area contributed by atoms with Crippen LogP contribution < -0.4 is 0 Å². The van der Waals surface area contributed by atoms with Gasteiger partial charge in [0.05, 0.1) is 6.04 Å². The molecule has 0 unspecified atom stereocenters. The maximum absolute atomic E-state index is 12.1. The van der Waals surface area contributed by atoms with Crippen LogP contribution in [0.25, 0.3) is 0 Å². The van der Waals surface area contributed by atoms with E-state index in [2.05, 4.69) is 45.9 Å². The van der Waals surface area contributed by atoms with Gasteiger partial charge in [0.25, 0.3) is 11.8 Å². The van der Waals surface area contributed by atoms with Gasteiger partial charge < -0.3 is 0 Å². The van der Waals surface area contributed by atoms with Crippen molar-refractivity contribution in [1.82, 2.24) is 4.90 Å². The van der Waals surface area contributed by atoms with Crippen LogP contribution in [0.5, 0.6) is 0 Å².